The van der Waals surface area contributed by atoms with Crippen LogP contribution in [0.25, 0.3) is 66.9 Å². The molecule has 0 aliphatic heterocycles. The van der Waals surface area contributed by atoms with E-state index in [1.54, 1.807) is 0 Å². The summed E-state index contributed by atoms with van der Waals surface area (Å²) in [6, 6.07) is 46.5. The van der Waals surface area contributed by atoms with E-state index in [0.717, 1.165) is 0 Å². The molecule has 7 rings (SSSR count). The van der Waals surface area contributed by atoms with E-state index in [0.29, 0.717) is 0 Å². The maximum Gasteiger partial charge on any atom is 0.213 e. The van der Waals surface area contributed by atoms with Gasteiger partial charge in [0.1, 0.15) is 7.05 Å². The third kappa shape index (κ3) is 3.59. The standard InChI is InChI=1S/C37H28N/c1-25-22-35-32-18-10-8-16-30(32)28-14-6-7-15-29(28)31-17-9-11-19-33(31)36(35)24-34(25)37-23-27(20-21-38(37)2)26-12-4-3-5-13-26/h3-24H,1-2H3/q+1. The molecule has 1 nitrogen and oxygen atoms in total. The maximum atomic E-state index is 2.42. The van der Waals surface area contributed by atoms with Gasteiger partial charge in [-0.15, -0.1) is 0 Å². The molecule has 0 saturated heterocycles. The third-order valence-corrected chi connectivity index (χ3v) is 7.84. The zero-order valence-electron chi connectivity index (χ0n) is 21.6. The van der Waals surface area contributed by atoms with Crippen molar-refractivity contribution in [3.05, 3.63) is 139 Å². The van der Waals surface area contributed by atoms with E-state index >= 15 is 0 Å². The lowest BCUT2D eigenvalue weighted by Crippen LogP contribution is -2.30. The smallest absolute Gasteiger partial charge is 0.201 e. The molecule has 5 aromatic carbocycles. The van der Waals surface area contributed by atoms with Gasteiger partial charge in [0.2, 0.25) is 5.69 Å². The van der Waals surface area contributed by atoms with Crippen molar-refractivity contribution in [1.82, 2.24) is 0 Å². The number of benzene rings is 5. The van der Waals surface area contributed by atoms with Crippen LogP contribution >= 0.6 is 0 Å². The van der Waals surface area contributed by atoms with Crippen molar-refractivity contribution in [2.24, 2.45) is 7.05 Å². The number of hydrogen-bond acceptors (Lipinski definition) is 0. The van der Waals surface area contributed by atoms with E-state index in [-0.39, 0.29) is 0 Å². The number of rotatable bonds is 2. The Kier molecular flexibility index (Phi) is 5.30. The minimum Gasteiger partial charge on any atom is -0.201 e. The minimum atomic E-state index is 1.21. The maximum absolute atomic E-state index is 2.42. The quantitative estimate of drug-likeness (QED) is 0.215. The highest BCUT2D eigenvalue weighted by atomic mass is 14.9. The van der Waals surface area contributed by atoms with Gasteiger partial charge in [0, 0.05) is 17.7 Å². The van der Waals surface area contributed by atoms with E-state index in [1.165, 1.54) is 72.5 Å². The Morgan fingerprint density at radius 2 is 0.842 bits per heavy atom. The summed E-state index contributed by atoms with van der Waals surface area (Å²) in [7, 11) is 2.14. The summed E-state index contributed by atoms with van der Waals surface area (Å²) in [5.41, 5.74) is 16.4. The summed E-state index contributed by atoms with van der Waals surface area (Å²) in [6.45, 7) is 2.24. The van der Waals surface area contributed by atoms with Gasteiger partial charge < -0.3 is 0 Å². The number of aryl methyl sites for hydroxylation is 2. The summed E-state index contributed by atoms with van der Waals surface area (Å²) in [5, 5.41) is 0. The fourth-order valence-corrected chi connectivity index (χ4v) is 5.94. The van der Waals surface area contributed by atoms with Crippen LogP contribution in [0.4, 0.5) is 0 Å². The van der Waals surface area contributed by atoms with Gasteiger partial charge in [-0.25, -0.2) is 4.57 Å². The molecule has 1 heterocycles. The Bertz CT molecular complexity index is 1830. The lowest BCUT2D eigenvalue weighted by molar-refractivity contribution is -0.660. The molecule has 6 aromatic rings. The molecule has 0 unspecified atom stereocenters. The van der Waals surface area contributed by atoms with Crippen LogP contribution in [-0.4, -0.2) is 0 Å². The Morgan fingerprint density at radius 3 is 1.37 bits per heavy atom. The molecular weight excluding hydrogens is 458 g/mol. The molecular formula is C37H28N+. The highest BCUT2D eigenvalue weighted by Crippen LogP contribution is 2.48. The fourth-order valence-electron chi connectivity index (χ4n) is 5.94. The van der Waals surface area contributed by atoms with Gasteiger partial charge in [-0.3, -0.25) is 0 Å². The van der Waals surface area contributed by atoms with Crippen LogP contribution in [-0.2, 0) is 7.05 Å². The summed E-state index contributed by atoms with van der Waals surface area (Å²) < 4.78 is 2.24. The summed E-state index contributed by atoms with van der Waals surface area (Å²) in [4.78, 5) is 0. The molecule has 0 spiro atoms. The van der Waals surface area contributed by atoms with E-state index in [4.69, 9.17) is 0 Å². The van der Waals surface area contributed by atoms with Crippen LogP contribution in [0, 0.1) is 6.92 Å². The molecule has 0 amide bonds. The van der Waals surface area contributed by atoms with E-state index < -0.39 is 0 Å². The Balaban J connectivity index is 1.53. The molecule has 0 atom stereocenters. The molecule has 1 aromatic heterocycles. The predicted molar refractivity (Wildman–Crippen MR) is 159 cm³/mol. The number of pyridine rings is 1. The first-order valence-corrected chi connectivity index (χ1v) is 13.2. The first-order valence-electron chi connectivity index (χ1n) is 13.2. The van der Waals surface area contributed by atoms with Crippen molar-refractivity contribution in [3.63, 3.8) is 0 Å². The average Bonchev–Trinajstić information content (AvgIpc) is 2.97. The van der Waals surface area contributed by atoms with Crippen LogP contribution in [0.1, 0.15) is 5.56 Å². The van der Waals surface area contributed by atoms with Crippen molar-refractivity contribution in [1.29, 1.82) is 0 Å². The van der Waals surface area contributed by atoms with E-state index in [2.05, 4.69) is 152 Å². The van der Waals surface area contributed by atoms with Crippen LogP contribution in [0.15, 0.2) is 134 Å². The van der Waals surface area contributed by atoms with Crippen LogP contribution < -0.4 is 4.57 Å². The first kappa shape index (κ1) is 22.4. The molecule has 0 N–H and O–H groups in total. The monoisotopic (exact) mass is 486 g/mol. The molecule has 1 heteroatoms. The lowest BCUT2D eigenvalue weighted by Gasteiger charge is -2.24. The zero-order chi connectivity index (χ0) is 25.6. The van der Waals surface area contributed by atoms with Crippen molar-refractivity contribution < 1.29 is 4.57 Å². The fraction of sp³-hybridized carbons (Fsp3) is 0.0541. The SMILES string of the molecule is Cc1cc2c(cc1-c1cc(-c3ccccc3)cc[n+]1C)-c1ccccc1-c1ccccc1-c1ccccc1-2. The third-order valence-electron chi connectivity index (χ3n) is 7.84. The minimum absolute atomic E-state index is 1.21. The molecule has 38 heavy (non-hydrogen) atoms. The average molecular weight is 487 g/mol. The first-order chi connectivity index (χ1) is 18.7. The summed E-state index contributed by atoms with van der Waals surface area (Å²) >= 11 is 0. The molecule has 0 bridgehead atoms. The van der Waals surface area contributed by atoms with Crippen molar-refractivity contribution in [2.75, 3.05) is 0 Å². The summed E-state index contributed by atoms with van der Waals surface area (Å²) in [6.07, 6.45) is 2.17. The highest BCUT2D eigenvalue weighted by molar-refractivity contribution is 6.04. The van der Waals surface area contributed by atoms with Crippen LogP contribution in [0.5, 0.6) is 0 Å². The number of fused-ring (bicyclic) bond motifs is 8. The Hall–Kier alpha value is -4.75. The largest absolute Gasteiger partial charge is 0.213 e. The molecule has 1 aliphatic rings. The highest BCUT2D eigenvalue weighted by Gasteiger charge is 2.24. The number of aromatic nitrogens is 1. The zero-order valence-corrected chi connectivity index (χ0v) is 21.6. The molecule has 180 valence electrons. The number of nitrogens with zero attached hydrogens (tertiary/aromatic N) is 1. The van der Waals surface area contributed by atoms with Crippen molar-refractivity contribution >= 4 is 0 Å². The van der Waals surface area contributed by atoms with Crippen LogP contribution in [0.3, 0.4) is 0 Å². The Morgan fingerprint density at radius 1 is 0.395 bits per heavy atom. The second-order valence-electron chi connectivity index (χ2n) is 10.1. The Labute approximate surface area is 224 Å². The molecule has 0 radical (unpaired) electrons. The number of hydrogen-bond donors (Lipinski definition) is 0. The second-order valence-corrected chi connectivity index (χ2v) is 10.1. The predicted octanol–water partition coefficient (Wildman–Crippen LogP) is 9.13. The molecule has 0 saturated carbocycles. The van der Waals surface area contributed by atoms with Crippen molar-refractivity contribution in [3.8, 4) is 66.9 Å². The molecule has 1 aliphatic carbocycles. The van der Waals surface area contributed by atoms with Gasteiger partial charge in [-0.05, 0) is 80.3 Å². The second kappa shape index (κ2) is 8.97. The van der Waals surface area contributed by atoms with Gasteiger partial charge in [0.15, 0.2) is 6.20 Å². The van der Waals surface area contributed by atoms with E-state index in [1.807, 2.05) is 0 Å². The van der Waals surface area contributed by atoms with Gasteiger partial charge >= 0.3 is 0 Å². The van der Waals surface area contributed by atoms with Gasteiger partial charge in [-0.2, -0.15) is 0 Å². The topological polar surface area (TPSA) is 3.88 Å². The van der Waals surface area contributed by atoms with Crippen molar-refractivity contribution in [2.45, 2.75) is 6.92 Å². The van der Waals surface area contributed by atoms with Gasteiger partial charge in [0.05, 0.1) is 0 Å². The molecule has 0 fully saturated rings. The van der Waals surface area contributed by atoms with Gasteiger partial charge in [-0.1, -0.05) is 103 Å². The lowest BCUT2D eigenvalue weighted by atomic mass is 9.79. The van der Waals surface area contributed by atoms with E-state index in [9.17, 15) is 0 Å². The van der Waals surface area contributed by atoms with Crippen LogP contribution in [0.2, 0.25) is 0 Å². The van der Waals surface area contributed by atoms with Gasteiger partial charge in [0.25, 0.3) is 0 Å². The summed E-state index contributed by atoms with van der Waals surface area (Å²) in [5.74, 6) is 0. The normalized spacial score (nSPS) is 11.4.